The van der Waals surface area contributed by atoms with Crippen LogP contribution in [-0.4, -0.2) is 25.1 Å². The van der Waals surface area contributed by atoms with E-state index in [4.69, 9.17) is 0 Å². The summed E-state index contributed by atoms with van der Waals surface area (Å²) in [5.74, 6) is -0.242. The predicted octanol–water partition coefficient (Wildman–Crippen LogP) is 0.847. The molecular weight excluding hydrogens is 225 g/mol. The van der Waals surface area contributed by atoms with Gasteiger partial charge in [-0.1, -0.05) is 0 Å². The minimum atomic E-state index is -0.491. The van der Waals surface area contributed by atoms with E-state index in [2.05, 4.69) is 25.1 Å². The Bertz CT molecular complexity index is 748. The lowest BCUT2D eigenvalue weighted by atomic mass is 10.2. The maximum absolute atomic E-state index is 13.0. The zero-order chi connectivity index (χ0) is 11.8. The van der Waals surface area contributed by atoms with Crippen LogP contribution in [0.3, 0.4) is 0 Å². The largest absolute Gasteiger partial charge is 0.306 e. The number of nitrogens with one attached hydrogen (secondary N) is 2. The second-order valence-corrected chi connectivity index (χ2v) is 3.44. The Morgan fingerprint density at radius 1 is 1.24 bits per heavy atom. The summed E-state index contributed by atoms with van der Waals surface area (Å²) in [5.41, 5.74) is 0.426. The molecule has 0 radical (unpaired) electrons. The van der Waals surface area contributed by atoms with Crippen LogP contribution in [-0.2, 0) is 0 Å². The molecule has 3 heterocycles. The molecule has 3 rings (SSSR count). The molecule has 3 aromatic heterocycles. The molecule has 6 nitrogen and oxygen atoms in total. The van der Waals surface area contributed by atoms with E-state index in [9.17, 15) is 9.18 Å². The van der Waals surface area contributed by atoms with E-state index in [-0.39, 0.29) is 11.4 Å². The molecule has 0 fully saturated rings. The van der Waals surface area contributed by atoms with Gasteiger partial charge in [-0.15, -0.1) is 0 Å². The fourth-order valence-electron chi connectivity index (χ4n) is 1.52. The molecule has 0 saturated carbocycles. The quantitative estimate of drug-likeness (QED) is 0.649. The van der Waals surface area contributed by atoms with Gasteiger partial charge < -0.3 is 4.98 Å². The lowest BCUT2D eigenvalue weighted by molar-refractivity contribution is 0.622. The summed E-state index contributed by atoms with van der Waals surface area (Å²) in [6.07, 6.45) is 3.88. The summed E-state index contributed by atoms with van der Waals surface area (Å²) >= 11 is 0. The number of nitrogens with zero attached hydrogens (tertiary/aromatic N) is 3. The van der Waals surface area contributed by atoms with Gasteiger partial charge in [0.2, 0.25) is 0 Å². The van der Waals surface area contributed by atoms with Crippen molar-refractivity contribution in [2.24, 2.45) is 0 Å². The van der Waals surface area contributed by atoms with E-state index in [1.807, 2.05) is 0 Å². The molecule has 17 heavy (non-hydrogen) atoms. The van der Waals surface area contributed by atoms with Crippen molar-refractivity contribution < 1.29 is 4.39 Å². The molecule has 0 spiro atoms. The van der Waals surface area contributed by atoms with Gasteiger partial charge in [-0.05, 0) is 6.07 Å². The number of hydrogen-bond acceptors (Lipinski definition) is 4. The van der Waals surface area contributed by atoms with E-state index in [0.29, 0.717) is 16.6 Å². The predicted molar refractivity (Wildman–Crippen MR) is 57.7 cm³/mol. The van der Waals surface area contributed by atoms with Crippen molar-refractivity contribution in [3.63, 3.8) is 0 Å². The molecule has 0 amide bonds. The van der Waals surface area contributed by atoms with Gasteiger partial charge >= 0.3 is 0 Å². The molecule has 0 bridgehead atoms. The second kappa shape index (κ2) is 3.48. The summed E-state index contributed by atoms with van der Waals surface area (Å²) in [7, 11) is 0. The van der Waals surface area contributed by atoms with Gasteiger partial charge in [0.05, 0.1) is 12.4 Å². The Balaban J connectivity index is 2.27. The summed E-state index contributed by atoms with van der Waals surface area (Å²) in [5, 5.41) is 6.67. The Hall–Kier alpha value is -2.57. The van der Waals surface area contributed by atoms with Crippen molar-refractivity contribution in [3.05, 3.63) is 40.8 Å². The number of aromatic amines is 2. The van der Waals surface area contributed by atoms with Gasteiger partial charge in [-0.25, -0.2) is 9.37 Å². The van der Waals surface area contributed by atoms with Crippen molar-refractivity contribution >= 4 is 11.0 Å². The molecular formula is C10H6FN5O. The number of halogens is 1. The Morgan fingerprint density at radius 2 is 2.12 bits per heavy atom. The van der Waals surface area contributed by atoms with Gasteiger partial charge in [0.15, 0.2) is 5.65 Å². The molecule has 3 aromatic rings. The molecule has 84 valence electrons. The maximum atomic E-state index is 13.0. The van der Waals surface area contributed by atoms with Crippen molar-refractivity contribution in [3.8, 4) is 11.4 Å². The first kappa shape index (κ1) is 9.64. The fraction of sp³-hybridized carbons (Fsp3) is 0. The fourth-order valence-corrected chi connectivity index (χ4v) is 1.52. The lowest BCUT2D eigenvalue weighted by Crippen LogP contribution is -2.08. The standard InChI is InChI=1S/C10H6FN5O/c11-6-1-5(2-12-3-6)8-14-9-7(4-13-16-9)10(17)15-8/h1-4H,(H2,13,14,15,16,17). The minimum absolute atomic E-state index is 0.249. The molecule has 7 heteroatoms. The van der Waals surface area contributed by atoms with Crippen molar-refractivity contribution in [1.29, 1.82) is 0 Å². The number of hydrogen-bond donors (Lipinski definition) is 2. The smallest absolute Gasteiger partial charge is 0.262 e. The van der Waals surface area contributed by atoms with Crippen molar-refractivity contribution in [2.75, 3.05) is 0 Å². The van der Waals surface area contributed by atoms with E-state index >= 15 is 0 Å². The highest BCUT2D eigenvalue weighted by Crippen LogP contribution is 2.14. The van der Waals surface area contributed by atoms with Crippen LogP contribution < -0.4 is 5.56 Å². The molecule has 0 atom stereocenters. The lowest BCUT2D eigenvalue weighted by Gasteiger charge is -1.99. The monoisotopic (exact) mass is 231 g/mol. The van der Waals surface area contributed by atoms with Crippen LogP contribution in [0.2, 0.25) is 0 Å². The second-order valence-electron chi connectivity index (χ2n) is 3.44. The summed E-state index contributed by atoms with van der Waals surface area (Å²) in [6.45, 7) is 0. The minimum Gasteiger partial charge on any atom is -0.306 e. The molecule has 0 aromatic carbocycles. The first-order chi connectivity index (χ1) is 8.24. The third kappa shape index (κ3) is 1.57. The Kier molecular flexibility index (Phi) is 1.97. The Labute approximate surface area is 93.6 Å². The van der Waals surface area contributed by atoms with Gasteiger partial charge in [-0.3, -0.25) is 14.9 Å². The highest BCUT2D eigenvalue weighted by molar-refractivity contribution is 5.74. The number of pyridine rings is 1. The topological polar surface area (TPSA) is 87.3 Å². The summed E-state index contributed by atoms with van der Waals surface area (Å²) < 4.78 is 13.0. The third-order valence-corrected chi connectivity index (χ3v) is 2.30. The van der Waals surface area contributed by atoms with Gasteiger partial charge in [-0.2, -0.15) is 5.10 Å². The van der Waals surface area contributed by atoms with Crippen LogP contribution in [0, 0.1) is 5.82 Å². The summed E-state index contributed by atoms with van der Waals surface area (Å²) in [4.78, 5) is 22.0. The molecule has 0 unspecified atom stereocenters. The SMILES string of the molecule is O=c1[nH]c(-c2cncc(F)c2)nc2[nH]ncc12. The van der Waals surface area contributed by atoms with Gasteiger partial charge in [0, 0.05) is 11.8 Å². The normalized spacial score (nSPS) is 10.9. The highest BCUT2D eigenvalue weighted by Gasteiger charge is 2.07. The summed E-state index contributed by atoms with van der Waals surface area (Å²) in [6, 6.07) is 1.24. The van der Waals surface area contributed by atoms with Gasteiger partial charge in [0.25, 0.3) is 5.56 Å². The molecule has 0 aliphatic carbocycles. The number of rotatable bonds is 1. The zero-order valence-corrected chi connectivity index (χ0v) is 8.44. The van der Waals surface area contributed by atoms with Crippen LogP contribution in [0.5, 0.6) is 0 Å². The van der Waals surface area contributed by atoms with E-state index in [1.54, 1.807) is 0 Å². The molecule has 2 N–H and O–H groups in total. The first-order valence-electron chi connectivity index (χ1n) is 4.78. The van der Waals surface area contributed by atoms with Crippen LogP contribution in [0.15, 0.2) is 29.5 Å². The molecule has 0 aliphatic heterocycles. The molecule has 0 saturated heterocycles. The number of aromatic nitrogens is 5. The van der Waals surface area contributed by atoms with Crippen LogP contribution in [0.1, 0.15) is 0 Å². The molecule has 0 aliphatic rings. The van der Waals surface area contributed by atoms with Crippen molar-refractivity contribution in [1.82, 2.24) is 25.1 Å². The Morgan fingerprint density at radius 3 is 2.94 bits per heavy atom. The zero-order valence-electron chi connectivity index (χ0n) is 8.44. The van der Waals surface area contributed by atoms with E-state index in [1.165, 1.54) is 18.5 Å². The maximum Gasteiger partial charge on any atom is 0.262 e. The van der Waals surface area contributed by atoms with Crippen molar-refractivity contribution in [2.45, 2.75) is 0 Å². The average molecular weight is 231 g/mol. The third-order valence-electron chi connectivity index (χ3n) is 2.30. The van der Waals surface area contributed by atoms with E-state index < -0.39 is 5.82 Å². The number of fused-ring (bicyclic) bond motifs is 1. The highest BCUT2D eigenvalue weighted by atomic mass is 19.1. The van der Waals surface area contributed by atoms with Gasteiger partial charge in [0.1, 0.15) is 17.0 Å². The van der Waals surface area contributed by atoms with Crippen LogP contribution in [0.4, 0.5) is 4.39 Å². The average Bonchev–Trinajstić information content (AvgIpc) is 2.77. The van der Waals surface area contributed by atoms with Crippen LogP contribution >= 0.6 is 0 Å². The van der Waals surface area contributed by atoms with Crippen LogP contribution in [0.25, 0.3) is 22.4 Å². The first-order valence-corrected chi connectivity index (χ1v) is 4.78. The number of H-pyrrole nitrogens is 2. The van der Waals surface area contributed by atoms with E-state index in [0.717, 1.165) is 6.20 Å².